The maximum atomic E-state index is 2.42. The highest BCUT2D eigenvalue weighted by molar-refractivity contribution is 6.23. The molecule has 0 saturated carbocycles. The summed E-state index contributed by atoms with van der Waals surface area (Å²) in [6.45, 7) is 0. The van der Waals surface area contributed by atoms with Crippen molar-refractivity contribution in [2.75, 3.05) is 9.80 Å². The van der Waals surface area contributed by atoms with Crippen LogP contribution in [0.4, 0.5) is 34.1 Å². The third-order valence-electron chi connectivity index (χ3n) is 12.7. The highest BCUT2D eigenvalue weighted by Crippen LogP contribution is 2.49. The Morgan fingerprint density at radius 1 is 0.188 bits per heavy atom. The second-order valence-corrected chi connectivity index (χ2v) is 16.5. The number of para-hydroxylation sites is 2. The molecule has 0 aliphatic heterocycles. The van der Waals surface area contributed by atoms with Crippen LogP contribution < -0.4 is 9.80 Å². The second-order valence-electron chi connectivity index (χ2n) is 16.5. The van der Waals surface area contributed by atoms with E-state index in [4.69, 9.17) is 0 Å². The van der Waals surface area contributed by atoms with E-state index >= 15 is 0 Å². The lowest BCUT2D eigenvalue weighted by Crippen LogP contribution is -2.10. The topological polar surface area (TPSA) is 6.48 Å². The first kappa shape index (κ1) is 37.3. The van der Waals surface area contributed by atoms with Gasteiger partial charge >= 0.3 is 0 Å². The SMILES string of the molecule is c1ccc(-c2c3ccc(N(c4ccccc4)c4ccc5ccccc5c4)cc3c(-c3ccc4ccccc4c3)c3ccc(N(c4ccccc4)c4ccc5ccccc5c4)cc23)cc1. The molecular formula is C62H42N2. The highest BCUT2D eigenvalue weighted by atomic mass is 15.1. The Kier molecular flexibility index (Phi) is 9.20. The molecule has 0 spiro atoms. The zero-order valence-electron chi connectivity index (χ0n) is 35.1. The highest BCUT2D eigenvalue weighted by Gasteiger charge is 2.22. The summed E-state index contributed by atoms with van der Waals surface area (Å²) >= 11 is 0. The van der Waals surface area contributed by atoms with E-state index in [9.17, 15) is 0 Å². The summed E-state index contributed by atoms with van der Waals surface area (Å²) in [5.41, 5.74) is 11.4. The van der Waals surface area contributed by atoms with E-state index in [2.05, 4.69) is 265 Å². The van der Waals surface area contributed by atoms with Gasteiger partial charge in [-0.05, 0) is 155 Å². The Hall–Kier alpha value is -8.46. The molecule has 0 N–H and O–H groups in total. The third-order valence-corrected chi connectivity index (χ3v) is 12.7. The van der Waals surface area contributed by atoms with Crippen LogP contribution in [0.3, 0.4) is 0 Å². The molecule has 0 bridgehead atoms. The van der Waals surface area contributed by atoms with Crippen molar-refractivity contribution in [1.29, 1.82) is 0 Å². The molecule has 2 heteroatoms. The molecule has 0 unspecified atom stereocenters. The lowest BCUT2D eigenvalue weighted by Gasteiger charge is -2.28. The van der Waals surface area contributed by atoms with E-state index < -0.39 is 0 Å². The normalized spacial score (nSPS) is 11.4. The van der Waals surface area contributed by atoms with Crippen LogP contribution >= 0.6 is 0 Å². The average Bonchev–Trinajstić information content (AvgIpc) is 3.36. The molecule has 12 rings (SSSR count). The van der Waals surface area contributed by atoms with Crippen LogP contribution in [-0.2, 0) is 0 Å². The van der Waals surface area contributed by atoms with Gasteiger partial charge in [0.05, 0.1) is 0 Å². The number of hydrogen-bond donors (Lipinski definition) is 0. The molecule has 0 fully saturated rings. The van der Waals surface area contributed by atoms with Crippen molar-refractivity contribution >= 4 is 88.0 Å². The lowest BCUT2D eigenvalue weighted by molar-refractivity contribution is 1.29. The molecule has 0 aromatic heterocycles. The number of anilines is 6. The monoisotopic (exact) mass is 814 g/mol. The van der Waals surface area contributed by atoms with Gasteiger partial charge in [-0.15, -0.1) is 0 Å². The van der Waals surface area contributed by atoms with Crippen molar-refractivity contribution in [3.63, 3.8) is 0 Å². The van der Waals surface area contributed by atoms with Crippen molar-refractivity contribution in [3.05, 3.63) is 255 Å². The van der Waals surface area contributed by atoms with Gasteiger partial charge in [-0.1, -0.05) is 176 Å². The zero-order chi connectivity index (χ0) is 42.4. The number of fused-ring (bicyclic) bond motifs is 5. The Bertz CT molecular complexity index is 3670. The molecule has 12 aromatic rings. The van der Waals surface area contributed by atoms with Crippen LogP contribution in [0.25, 0.3) is 76.1 Å². The number of hydrogen-bond acceptors (Lipinski definition) is 2. The van der Waals surface area contributed by atoms with Crippen LogP contribution in [0, 0.1) is 0 Å². The predicted octanol–water partition coefficient (Wildman–Crippen LogP) is 17.7. The standard InChI is InChI=1S/C62H42N2/c1-4-19-46(20-5-1)61-57-36-34-56(64(52-26-8-3-9-27-52)54-33-31-45-18-12-15-23-49(45)40-54)42-60(57)62(50-29-28-43-16-10-13-21-47(43)38-50)58-37-35-55(41-59(58)61)63(51-24-6-2-7-25-51)53-32-30-44-17-11-14-22-48(44)39-53/h1-42H. The van der Waals surface area contributed by atoms with Crippen molar-refractivity contribution in [1.82, 2.24) is 0 Å². The van der Waals surface area contributed by atoms with Gasteiger partial charge in [0.25, 0.3) is 0 Å². The Morgan fingerprint density at radius 2 is 0.531 bits per heavy atom. The van der Waals surface area contributed by atoms with Crippen molar-refractivity contribution < 1.29 is 0 Å². The molecule has 0 saturated heterocycles. The molecule has 0 radical (unpaired) electrons. The van der Waals surface area contributed by atoms with Crippen molar-refractivity contribution in [2.45, 2.75) is 0 Å². The molecule has 12 aromatic carbocycles. The predicted molar refractivity (Wildman–Crippen MR) is 274 cm³/mol. The minimum absolute atomic E-state index is 1.09. The number of rotatable bonds is 8. The van der Waals surface area contributed by atoms with Crippen LogP contribution in [0.1, 0.15) is 0 Å². The molecule has 64 heavy (non-hydrogen) atoms. The largest absolute Gasteiger partial charge is 0.310 e. The summed E-state index contributed by atoms with van der Waals surface area (Å²) in [5, 5.41) is 12.1. The number of nitrogens with zero attached hydrogens (tertiary/aromatic N) is 2. The summed E-state index contributed by atoms with van der Waals surface area (Å²) in [5.74, 6) is 0. The first-order chi connectivity index (χ1) is 31.7. The number of benzene rings is 12. The van der Waals surface area contributed by atoms with E-state index in [1.54, 1.807) is 0 Å². The van der Waals surface area contributed by atoms with Crippen LogP contribution in [0.5, 0.6) is 0 Å². The van der Waals surface area contributed by atoms with Gasteiger partial charge < -0.3 is 9.80 Å². The molecule has 0 amide bonds. The first-order valence-corrected chi connectivity index (χ1v) is 22.0. The first-order valence-electron chi connectivity index (χ1n) is 22.0. The summed E-state index contributed by atoms with van der Waals surface area (Å²) in [6, 6.07) is 93.0. The van der Waals surface area contributed by atoms with Gasteiger partial charge in [0.1, 0.15) is 0 Å². The smallest absolute Gasteiger partial charge is 0.0468 e. The maximum absolute atomic E-state index is 2.42. The minimum atomic E-state index is 1.09. The van der Waals surface area contributed by atoms with Gasteiger partial charge in [0.2, 0.25) is 0 Å². The summed E-state index contributed by atoms with van der Waals surface area (Å²) in [7, 11) is 0. The minimum Gasteiger partial charge on any atom is -0.310 e. The van der Waals surface area contributed by atoms with Gasteiger partial charge in [-0.3, -0.25) is 0 Å². The molecule has 0 heterocycles. The average molecular weight is 815 g/mol. The molecule has 0 atom stereocenters. The molecule has 0 aliphatic carbocycles. The molecular weight excluding hydrogens is 773 g/mol. The lowest BCUT2D eigenvalue weighted by atomic mass is 9.85. The molecule has 2 nitrogen and oxygen atoms in total. The fourth-order valence-corrected chi connectivity index (χ4v) is 9.73. The van der Waals surface area contributed by atoms with E-state index in [-0.39, 0.29) is 0 Å². The summed E-state index contributed by atoms with van der Waals surface area (Å²) in [4.78, 5) is 4.79. The Morgan fingerprint density at radius 3 is 1.00 bits per heavy atom. The van der Waals surface area contributed by atoms with Gasteiger partial charge in [-0.2, -0.15) is 0 Å². The van der Waals surface area contributed by atoms with Crippen molar-refractivity contribution in [3.8, 4) is 22.3 Å². The zero-order valence-corrected chi connectivity index (χ0v) is 35.1. The van der Waals surface area contributed by atoms with Crippen LogP contribution in [0.15, 0.2) is 255 Å². The summed E-state index contributed by atoms with van der Waals surface area (Å²) < 4.78 is 0. The van der Waals surface area contributed by atoms with E-state index in [1.165, 1.54) is 76.1 Å². The van der Waals surface area contributed by atoms with E-state index in [0.717, 1.165) is 34.1 Å². The van der Waals surface area contributed by atoms with Crippen LogP contribution in [0.2, 0.25) is 0 Å². The molecule has 0 aliphatic rings. The summed E-state index contributed by atoms with van der Waals surface area (Å²) in [6.07, 6.45) is 0. The van der Waals surface area contributed by atoms with E-state index in [0.29, 0.717) is 0 Å². The fourth-order valence-electron chi connectivity index (χ4n) is 9.73. The van der Waals surface area contributed by atoms with Crippen LogP contribution in [-0.4, -0.2) is 0 Å². The third kappa shape index (κ3) is 6.61. The van der Waals surface area contributed by atoms with E-state index in [1.807, 2.05) is 0 Å². The molecule has 300 valence electrons. The van der Waals surface area contributed by atoms with Gasteiger partial charge in [0.15, 0.2) is 0 Å². The second kappa shape index (κ2) is 15.8. The quantitative estimate of drug-likeness (QED) is 0.141. The van der Waals surface area contributed by atoms with Gasteiger partial charge in [0, 0.05) is 34.1 Å². The van der Waals surface area contributed by atoms with Crippen molar-refractivity contribution in [2.24, 2.45) is 0 Å². The maximum Gasteiger partial charge on any atom is 0.0468 e. The Balaban J connectivity index is 1.17. The van der Waals surface area contributed by atoms with Gasteiger partial charge in [-0.25, -0.2) is 0 Å². The fraction of sp³-hybridized carbons (Fsp3) is 0. The Labute approximate surface area is 373 Å².